The summed E-state index contributed by atoms with van der Waals surface area (Å²) in [4.78, 5) is 0. The van der Waals surface area contributed by atoms with Crippen LogP contribution in [0.4, 0.5) is 4.39 Å². The zero-order valence-electron chi connectivity index (χ0n) is 10.6. The summed E-state index contributed by atoms with van der Waals surface area (Å²) in [5.74, 6) is -0.204. The Labute approximate surface area is 116 Å². The van der Waals surface area contributed by atoms with E-state index in [1.54, 1.807) is 6.07 Å². The second-order valence-electron chi connectivity index (χ2n) is 4.70. The van der Waals surface area contributed by atoms with Crippen molar-refractivity contribution in [2.75, 3.05) is 13.7 Å². The summed E-state index contributed by atoms with van der Waals surface area (Å²) in [5.41, 5.74) is 0.982. The molecule has 1 N–H and O–H groups in total. The maximum atomic E-state index is 13.5. The lowest BCUT2D eigenvalue weighted by atomic mass is 9.99. The predicted octanol–water partition coefficient (Wildman–Crippen LogP) is 3.81. The molecule has 1 aromatic carbocycles. The van der Waals surface area contributed by atoms with E-state index in [4.69, 9.17) is 4.74 Å². The van der Waals surface area contributed by atoms with Crippen LogP contribution in [0.25, 0.3) is 0 Å². The van der Waals surface area contributed by atoms with Gasteiger partial charge >= 0.3 is 0 Å². The normalized spacial score (nSPS) is 21.2. The van der Waals surface area contributed by atoms with Crippen LogP contribution in [0.5, 0.6) is 0 Å². The molecule has 2 rings (SSSR count). The molecule has 0 bridgehead atoms. The van der Waals surface area contributed by atoms with Gasteiger partial charge < -0.3 is 10.1 Å². The number of rotatable bonds is 5. The van der Waals surface area contributed by atoms with Gasteiger partial charge in [0, 0.05) is 12.6 Å². The molecule has 1 aromatic rings. The van der Waals surface area contributed by atoms with Gasteiger partial charge in [0.1, 0.15) is 5.82 Å². The Morgan fingerprint density at radius 3 is 3.06 bits per heavy atom. The summed E-state index contributed by atoms with van der Waals surface area (Å²) in [6.45, 7) is 0.887. The monoisotopic (exact) mass is 315 g/mol. The lowest BCUT2D eigenvalue weighted by molar-refractivity contribution is 0.0998. The molecule has 2 atom stereocenters. The maximum Gasteiger partial charge on any atom is 0.137 e. The Morgan fingerprint density at radius 1 is 1.56 bits per heavy atom. The van der Waals surface area contributed by atoms with Crippen LogP contribution >= 0.6 is 15.9 Å². The Bertz CT molecular complexity index is 393. The van der Waals surface area contributed by atoms with Crippen LogP contribution in [0.1, 0.15) is 37.3 Å². The molecule has 18 heavy (non-hydrogen) atoms. The SMILES string of the molecule is CNC(CCC1CCCO1)c1cccc(F)c1Br. The average Bonchev–Trinajstić information content (AvgIpc) is 2.88. The van der Waals surface area contributed by atoms with Crippen molar-refractivity contribution in [1.82, 2.24) is 5.32 Å². The van der Waals surface area contributed by atoms with Gasteiger partial charge in [0.25, 0.3) is 0 Å². The van der Waals surface area contributed by atoms with Crippen molar-refractivity contribution in [2.24, 2.45) is 0 Å². The molecule has 1 saturated heterocycles. The quantitative estimate of drug-likeness (QED) is 0.892. The maximum absolute atomic E-state index is 13.5. The minimum absolute atomic E-state index is 0.166. The van der Waals surface area contributed by atoms with Crippen molar-refractivity contribution in [3.8, 4) is 0 Å². The third-order valence-electron chi connectivity index (χ3n) is 3.51. The van der Waals surface area contributed by atoms with Gasteiger partial charge in [0.05, 0.1) is 10.6 Å². The average molecular weight is 316 g/mol. The van der Waals surface area contributed by atoms with E-state index in [-0.39, 0.29) is 11.9 Å². The fraction of sp³-hybridized carbons (Fsp3) is 0.571. The van der Waals surface area contributed by atoms with Crippen LogP contribution < -0.4 is 5.32 Å². The summed E-state index contributed by atoms with van der Waals surface area (Å²) in [7, 11) is 1.91. The molecule has 0 aromatic heterocycles. The molecule has 4 heteroatoms. The second kappa shape index (κ2) is 6.64. The van der Waals surface area contributed by atoms with E-state index in [2.05, 4.69) is 21.2 Å². The third-order valence-corrected chi connectivity index (χ3v) is 4.34. The molecular formula is C14H19BrFNO. The van der Waals surface area contributed by atoms with E-state index in [0.717, 1.165) is 31.4 Å². The molecule has 0 aliphatic carbocycles. The highest BCUT2D eigenvalue weighted by Gasteiger charge is 2.20. The van der Waals surface area contributed by atoms with Gasteiger partial charge in [-0.1, -0.05) is 12.1 Å². The van der Waals surface area contributed by atoms with E-state index < -0.39 is 0 Å². The first-order valence-corrected chi connectivity index (χ1v) is 7.24. The zero-order chi connectivity index (χ0) is 13.0. The second-order valence-corrected chi connectivity index (χ2v) is 5.49. The molecule has 2 unspecified atom stereocenters. The molecule has 0 radical (unpaired) electrons. The summed E-state index contributed by atoms with van der Waals surface area (Å²) >= 11 is 3.33. The fourth-order valence-electron chi connectivity index (χ4n) is 2.47. The predicted molar refractivity (Wildman–Crippen MR) is 74.1 cm³/mol. The summed E-state index contributed by atoms with van der Waals surface area (Å²) in [6, 6.07) is 5.36. The van der Waals surface area contributed by atoms with Crippen molar-refractivity contribution < 1.29 is 9.13 Å². The van der Waals surface area contributed by atoms with Gasteiger partial charge in [-0.25, -0.2) is 4.39 Å². The summed E-state index contributed by atoms with van der Waals surface area (Å²) in [6.07, 6.45) is 4.69. The van der Waals surface area contributed by atoms with Crippen LogP contribution in [0.2, 0.25) is 0 Å². The fourth-order valence-corrected chi connectivity index (χ4v) is 3.01. The molecule has 1 aliphatic rings. The third kappa shape index (κ3) is 3.31. The largest absolute Gasteiger partial charge is 0.378 e. The molecule has 0 amide bonds. The molecule has 1 fully saturated rings. The highest BCUT2D eigenvalue weighted by molar-refractivity contribution is 9.10. The summed E-state index contributed by atoms with van der Waals surface area (Å²) < 4.78 is 19.7. The lowest BCUT2D eigenvalue weighted by Gasteiger charge is -2.20. The highest BCUT2D eigenvalue weighted by atomic mass is 79.9. The lowest BCUT2D eigenvalue weighted by Crippen LogP contribution is -2.19. The number of hydrogen-bond donors (Lipinski definition) is 1. The first kappa shape index (κ1) is 14.0. The van der Waals surface area contributed by atoms with Crippen LogP contribution in [0, 0.1) is 5.82 Å². The smallest absolute Gasteiger partial charge is 0.137 e. The van der Waals surface area contributed by atoms with Gasteiger partial charge in [0.2, 0.25) is 0 Å². The van der Waals surface area contributed by atoms with E-state index in [1.807, 2.05) is 13.1 Å². The van der Waals surface area contributed by atoms with Crippen LogP contribution in [0.15, 0.2) is 22.7 Å². The molecular weight excluding hydrogens is 297 g/mol. The Balaban J connectivity index is 2.00. The summed E-state index contributed by atoms with van der Waals surface area (Å²) in [5, 5.41) is 3.26. The Kier molecular flexibility index (Phi) is 5.15. The first-order chi connectivity index (χ1) is 8.72. The zero-order valence-corrected chi connectivity index (χ0v) is 12.2. The van der Waals surface area contributed by atoms with Crippen molar-refractivity contribution in [2.45, 2.75) is 37.8 Å². The number of halogens is 2. The van der Waals surface area contributed by atoms with Crippen molar-refractivity contribution in [1.29, 1.82) is 0 Å². The van der Waals surface area contributed by atoms with Crippen LogP contribution in [0.3, 0.4) is 0 Å². The van der Waals surface area contributed by atoms with E-state index in [0.29, 0.717) is 10.6 Å². The van der Waals surface area contributed by atoms with Gasteiger partial charge in [0.15, 0.2) is 0 Å². The topological polar surface area (TPSA) is 21.3 Å². The van der Waals surface area contributed by atoms with E-state index >= 15 is 0 Å². The standard InChI is InChI=1S/C14H19BrFNO/c1-17-13(8-7-10-4-3-9-18-10)11-5-2-6-12(16)14(11)15/h2,5-6,10,13,17H,3-4,7-9H2,1H3. The van der Waals surface area contributed by atoms with Gasteiger partial charge in [-0.3, -0.25) is 0 Å². The molecule has 1 aliphatic heterocycles. The minimum Gasteiger partial charge on any atom is -0.378 e. The molecule has 0 saturated carbocycles. The van der Waals surface area contributed by atoms with E-state index in [9.17, 15) is 4.39 Å². The van der Waals surface area contributed by atoms with Gasteiger partial charge in [-0.15, -0.1) is 0 Å². The highest BCUT2D eigenvalue weighted by Crippen LogP contribution is 2.30. The first-order valence-electron chi connectivity index (χ1n) is 6.45. The van der Waals surface area contributed by atoms with Gasteiger partial charge in [-0.2, -0.15) is 0 Å². The Morgan fingerprint density at radius 2 is 2.39 bits per heavy atom. The van der Waals surface area contributed by atoms with Crippen molar-refractivity contribution in [3.63, 3.8) is 0 Å². The van der Waals surface area contributed by atoms with Crippen molar-refractivity contribution in [3.05, 3.63) is 34.1 Å². The molecule has 0 spiro atoms. The minimum atomic E-state index is -0.204. The van der Waals surface area contributed by atoms with Gasteiger partial charge in [-0.05, 0) is 60.3 Å². The number of hydrogen-bond acceptors (Lipinski definition) is 2. The Hall–Kier alpha value is -0.450. The molecule has 1 heterocycles. The number of benzene rings is 1. The number of nitrogens with one attached hydrogen (secondary N) is 1. The van der Waals surface area contributed by atoms with Crippen LogP contribution in [-0.4, -0.2) is 19.8 Å². The number of ether oxygens (including phenoxy) is 1. The van der Waals surface area contributed by atoms with E-state index in [1.165, 1.54) is 12.5 Å². The molecule has 2 nitrogen and oxygen atoms in total. The van der Waals surface area contributed by atoms with Crippen LogP contribution in [-0.2, 0) is 4.74 Å². The molecule has 100 valence electrons. The van der Waals surface area contributed by atoms with Crippen molar-refractivity contribution >= 4 is 15.9 Å².